The molecule has 20 heavy (non-hydrogen) atoms. The van der Waals surface area contributed by atoms with E-state index < -0.39 is 11.1 Å². The Balaban J connectivity index is 0.000000286. The molecule has 2 rings (SSSR count). The average Bonchev–Trinajstić information content (AvgIpc) is 2.48. The highest BCUT2D eigenvalue weighted by Gasteiger charge is 2.13. The highest BCUT2D eigenvalue weighted by atomic mass is 32.2. The molecule has 1 aromatic rings. The quantitative estimate of drug-likeness (QED) is 0.798. The lowest BCUT2D eigenvalue weighted by Gasteiger charge is -2.20. The molecule has 114 valence electrons. The van der Waals surface area contributed by atoms with Crippen LogP contribution in [0, 0.1) is 5.92 Å². The lowest BCUT2D eigenvalue weighted by Crippen LogP contribution is -2.08. The fraction of sp³-hybridized carbons (Fsp3) is 0.786. The van der Waals surface area contributed by atoms with Gasteiger partial charge in [-0.25, -0.2) is 15.0 Å². The Morgan fingerprint density at radius 1 is 1.25 bits per heavy atom. The van der Waals surface area contributed by atoms with Crippen LogP contribution < -0.4 is 0 Å². The fourth-order valence-corrected chi connectivity index (χ4v) is 2.20. The predicted octanol–water partition coefficient (Wildman–Crippen LogP) is 2.66. The molecule has 0 aliphatic heterocycles. The smallest absolute Gasteiger partial charge is 0.131 e. The van der Waals surface area contributed by atoms with Crippen LogP contribution in [0.3, 0.4) is 0 Å². The maximum Gasteiger partial charge on any atom is 0.131 e. The van der Waals surface area contributed by atoms with E-state index in [1.54, 1.807) is 26.5 Å². The second-order valence-electron chi connectivity index (χ2n) is 5.41. The summed E-state index contributed by atoms with van der Waals surface area (Å²) in [5.41, 5.74) is 0. The Hall–Kier alpha value is -0.880. The monoisotopic (exact) mass is 298 g/mol. The summed E-state index contributed by atoms with van der Waals surface area (Å²) in [4.78, 5) is 12.1. The topological polar surface area (TPSA) is 78.8 Å². The number of nitrogens with zero attached hydrogens (tertiary/aromatic N) is 3. The standard InChI is InChI=1S/C11H17N3.C3H8O2S/c1-2-4-10(5-3-1)6-7-11-13-8-12-9-14-11;1-3(2)6(4)5/h8-10H,1-7H2;3H,1-2H3,(H,4,5)/p-1. The van der Waals surface area contributed by atoms with Crippen LogP contribution in [0.5, 0.6) is 0 Å². The third-order valence-corrected chi connectivity index (χ3v) is 4.20. The van der Waals surface area contributed by atoms with E-state index in [2.05, 4.69) is 15.0 Å². The first kappa shape index (κ1) is 17.2. The highest BCUT2D eigenvalue weighted by molar-refractivity contribution is 7.79. The van der Waals surface area contributed by atoms with Crippen molar-refractivity contribution in [1.82, 2.24) is 15.0 Å². The van der Waals surface area contributed by atoms with E-state index in [4.69, 9.17) is 0 Å². The zero-order valence-corrected chi connectivity index (χ0v) is 13.1. The van der Waals surface area contributed by atoms with Crippen LogP contribution in [-0.4, -0.2) is 29.0 Å². The lowest BCUT2D eigenvalue weighted by molar-refractivity contribution is 0.337. The minimum absolute atomic E-state index is 0.231. The molecule has 6 heteroatoms. The molecule has 0 spiro atoms. The van der Waals surface area contributed by atoms with Crippen molar-refractivity contribution in [2.24, 2.45) is 5.92 Å². The second-order valence-corrected chi connectivity index (χ2v) is 6.87. The van der Waals surface area contributed by atoms with Crippen molar-refractivity contribution in [3.8, 4) is 0 Å². The van der Waals surface area contributed by atoms with Gasteiger partial charge in [-0.15, -0.1) is 0 Å². The van der Waals surface area contributed by atoms with E-state index in [0.29, 0.717) is 0 Å². The number of rotatable bonds is 4. The van der Waals surface area contributed by atoms with Crippen molar-refractivity contribution in [2.45, 2.75) is 64.0 Å². The summed E-state index contributed by atoms with van der Waals surface area (Å²) >= 11 is -1.87. The normalized spacial score (nSPS) is 17.4. The van der Waals surface area contributed by atoms with Crippen LogP contribution in [0.4, 0.5) is 0 Å². The van der Waals surface area contributed by atoms with Crippen LogP contribution in [0.1, 0.15) is 58.2 Å². The van der Waals surface area contributed by atoms with Crippen LogP contribution >= 0.6 is 0 Å². The molecule has 1 unspecified atom stereocenters. The molecule has 1 atom stereocenters. The zero-order chi connectivity index (χ0) is 14.8. The molecule has 1 aliphatic rings. The van der Waals surface area contributed by atoms with Crippen molar-refractivity contribution < 1.29 is 8.76 Å². The van der Waals surface area contributed by atoms with E-state index in [1.165, 1.54) is 38.5 Å². The van der Waals surface area contributed by atoms with Crippen molar-refractivity contribution >= 4 is 11.1 Å². The van der Waals surface area contributed by atoms with Gasteiger partial charge in [-0.05, 0) is 12.3 Å². The molecule has 0 N–H and O–H groups in total. The van der Waals surface area contributed by atoms with Gasteiger partial charge in [0.25, 0.3) is 0 Å². The maximum absolute atomic E-state index is 9.70. The average molecular weight is 298 g/mol. The van der Waals surface area contributed by atoms with E-state index >= 15 is 0 Å². The van der Waals surface area contributed by atoms with Crippen molar-refractivity contribution in [3.05, 3.63) is 18.5 Å². The van der Waals surface area contributed by atoms with Gasteiger partial charge in [0.2, 0.25) is 0 Å². The number of aryl methyl sites for hydroxylation is 1. The molecule has 0 saturated heterocycles. The molecular formula is C14H24N3O2S-. The first-order chi connectivity index (χ1) is 9.59. The van der Waals surface area contributed by atoms with Gasteiger partial charge in [0.15, 0.2) is 0 Å². The van der Waals surface area contributed by atoms with Gasteiger partial charge in [-0.1, -0.05) is 57.0 Å². The summed E-state index contributed by atoms with van der Waals surface area (Å²) in [5.74, 6) is 1.87. The molecular weight excluding hydrogens is 274 g/mol. The number of hydrogen-bond donors (Lipinski definition) is 0. The lowest BCUT2D eigenvalue weighted by atomic mass is 9.86. The zero-order valence-electron chi connectivity index (χ0n) is 12.3. The van der Waals surface area contributed by atoms with Crippen molar-refractivity contribution in [2.75, 3.05) is 0 Å². The Morgan fingerprint density at radius 2 is 1.80 bits per heavy atom. The Kier molecular flexibility index (Phi) is 8.53. The van der Waals surface area contributed by atoms with E-state index in [-0.39, 0.29) is 5.25 Å². The molecule has 0 radical (unpaired) electrons. The summed E-state index contributed by atoms with van der Waals surface area (Å²) < 4.78 is 19.4. The summed E-state index contributed by atoms with van der Waals surface area (Å²) in [6.45, 7) is 3.26. The third kappa shape index (κ3) is 7.65. The highest BCUT2D eigenvalue weighted by Crippen LogP contribution is 2.26. The Morgan fingerprint density at radius 3 is 2.30 bits per heavy atom. The van der Waals surface area contributed by atoms with Crippen LogP contribution in [0.2, 0.25) is 0 Å². The molecule has 1 aliphatic carbocycles. The molecule has 1 heterocycles. The summed E-state index contributed by atoms with van der Waals surface area (Å²) in [5, 5.41) is -0.231. The van der Waals surface area contributed by atoms with Gasteiger partial charge in [-0.3, -0.25) is 4.21 Å². The second kappa shape index (κ2) is 9.94. The van der Waals surface area contributed by atoms with Gasteiger partial charge in [0.1, 0.15) is 18.5 Å². The fourth-order valence-electron chi connectivity index (χ4n) is 2.20. The minimum Gasteiger partial charge on any atom is -0.772 e. The van der Waals surface area contributed by atoms with Gasteiger partial charge in [0, 0.05) is 11.7 Å². The van der Waals surface area contributed by atoms with E-state index in [9.17, 15) is 8.76 Å². The van der Waals surface area contributed by atoms with E-state index in [1.807, 2.05) is 0 Å². The number of aromatic nitrogens is 3. The molecule has 1 aromatic heterocycles. The molecule has 0 bridgehead atoms. The van der Waals surface area contributed by atoms with Crippen LogP contribution in [-0.2, 0) is 17.5 Å². The molecule has 1 fully saturated rings. The largest absolute Gasteiger partial charge is 0.772 e. The summed E-state index contributed by atoms with van der Waals surface area (Å²) in [7, 11) is 0. The van der Waals surface area contributed by atoms with Crippen LogP contribution in [0.15, 0.2) is 12.7 Å². The molecule has 5 nitrogen and oxygen atoms in total. The number of hydrogen-bond acceptors (Lipinski definition) is 5. The molecule has 1 saturated carbocycles. The minimum atomic E-state index is -1.87. The van der Waals surface area contributed by atoms with Gasteiger partial charge in [-0.2, -0.15) is 0 Å². The van der Waals surface area contributed by atoms with Gasteiger partial charge >= 0.3 is 0 Å². The van der Waals surface area contributed by atoms with Crippen molar-refractivity contribution in [1.29, 1.82) is 0 Å². The molecule has 0 aromatic carbocycles. The Bertz CT molecular complexity index is 381. The van der Waals surface area contributed by atoms with Gasteiger partial charge in [0.05, 0.1) is 0 Å². The Labute approximate surface area is 123 Å². The SMILES string of the molecule is CC(C)S(=O)[O-].c1ncnc(CCC2CCCCC2)n1. The van der Waals surface area contributed by atoms with E-state index in [0.717, 1.165) is 18.2 Å². The van der Waals surface area contributed by atoms with Crippen molar-refractivity contribution in [3.63, 3.8) is 0 Å². The molecule has 0 amide bonds. The first-order valence-electron chi connectivity index (χ1n) is 7.28. The maximum atomic E-state index is 9.70. The summed E-state index contributed by atoms with van der Waals surface area (Å²) in [6.07, 6.45) is 12.5. The predicted molar refractivity (Wildman–Crippen MR) is 78.8 cm³/mol. The first-order valence-corrected chi connectivity index (χ1v) is 8.42. The third-order valence-electron chi connectivity index (χ3n) is 3.43. The summed E-state index contributed by atoms with van der Waals surface area (Å²) in [6, 6.07) is 0. The van der Waals surface area contributed by atoms with Gasteiger partial charge < -0.3 is 4.55 Å². The van der Waals surface area contributed by atoms with Crippen LogP contribution in [0.25, 0.3) is 0 Å².